The van der Waals surface area contributed by atoms with Crippen molar-refractivity contribution in [3.63, 3.8) is 0 Å². The van der Waals surface area contributed by atoms with Gasteiger partial charge in [0.2, 0.25) is 0 Å². The molecule has 114 valence electrons. The number of methoxy groups -OCH3 is 1. The van der Waals surface area contributed by atoms with E-state index >= 15 is 0 Å². The Bertz CT molecular complexity index is 471. The molecule has 1 aromatic rings. The zero-order chi connectivity index (χ0) is 14.6. The molecule has 1 aromatic carbocycles. The van der Waals surface area contributed by atoms with E-state index in [1.165, 1.54) is 26.2 Å². The van der Waals surface area contributed by atoms with E-state index < -0.39 is 23.7 Å². The third-order valence-corrected chi connectivity index (χ3v) is 2.51. The SMILES string of the molecule is CCOC(=O)C(F)(F)[C@@H](N)c1ccc(OC)cc1O.Cl. The summed E-state index contributed by atoms with van der Waals surface area (Å²) >= 11 is 0. The Morgan fingerprint density at radius 3 is 2.55 bits per heavy atom. The maximum atomic E-state index is 13.7. The van der Waals surface area contributed by atoms with Crippen molar-refractivity contribution in [2.75, 3.05) is 13.7 Å². The van der Waals surface area contributed by atoms with Crippen LogP contribution < -0.4 is 10.5 Å². The molecule has 1 atom stereocenters. The molecule has 5 nitrogen and oxygen atoms in total. The van der Waals surface area contributed by atoms with Gasteiger partial charge < -0.3 is 20.3 Å². The van der Waals surface area contributed by atoms with E-state index in [1.807, 2.05) is 0 Å². The minimum atomic E-state index is -3.93. The standard InChI is InChI=1S/C12H15F2NO4.ClH/c1-3-19-11(17)12(13,14)10(15)8-5-4-7(18-2)6-9(8)16;/h4-6,10,16H,3,15H2,1-2H3;1H/t10-;/m0./s1. The zero-order valence-electron chi connectivity index (χ0n) is 10.9. The van der Waals surface area contributed by atoms with E-state index in [2.05, 4.69) is 4.74 Å². The van der Waals surface area contributed by atoms with Gasteiger partial charge in [0.25, 0.3) is 0 Å². The second kappa shape index (κ2) is 7.25. The molecule has 0 radical (unpaired) electrons. The fraction of sp³-hybridized carbons (Fsp3) is 0.417. The highest BCUT2D eigenvalue weighted by Crippen LogP contribution is 2.36. The van der Waals surface area contributed by atoms with Gasteiger partial charge in [-0.25, -0.2) is 4.79 Å². The number of hydrogen-bond donors (Lipinski definition) is 2. The Morgan fingerprint density at radius 2 is 2.10 bits per heavy atom. The Hall–Kier alpha value is -1.60. The molecule has 20 heavy (non-hydrogen) atoms. The second-order valence-corrected chi connectivity index (χ2v) is 3.75. The molecule has 1 rings (SSSR count). The van der Waals surface area contributed by atoms with Gasteiger partial charge in [-0.15, -0.1) is 12.4 Å². The van der Waals surface area contributed by atoms with E-state index in [9.17, 15) is 18.7 Å². The van der Waals surface area contributed by atoms with Crippen molar-refractivity contribution in [2.24, 2.45) is 5.73 Å². The highest BCUT2D eigenvalue weighted by atomic mass is 35.5. The number of ether oxygens (including phenoxy) is 2. The van der Waals surface area contributed by atoms with Crippen LogP contribution in [0.2, 0.25) is 0 Å². The predicted molar refractivity (Wildman–Crippen MR) is 70.4 cm³/mol. The van der Waals surface area contributed by atoms with Crippen molar-refractivity contribution >= 4 is 18.4 Å². The molecule has 3 N–H and O–H groups in total. The summed E-state index contributed by atoms with van der Waals surface area (Å²) in [5.74, 6) is -5.84. The first-order chi connectivity index (χ1) is 8.84. The number of aromatic hydroxyl groups is 1. The third-order valence-electron chi connectivity index (χ3n) is 2.51. The summed E-state index contributed by atoms with van der Waals surface area (Å²) in [4.78, 5) is 11.2. The second-order valence-electron chi connectivity index (χ2n) is 3.75. The summed E-state index contributed by atoms with van der Waals surface area (Å²) in [5, 5.41) is 9.62. The predicted octanol–water partition coefficient (Wildman–Crippen LogP) is 2.02. The summed E-state index contributed by atoms with van der Waals surface area (Å²) in [6, 6.07) is 1.66. The molecule has 8 heteroatoms. The van der Waals surface area contributed by atoms with Gasteiger partial charge in [0.05, 0.1) is 13.7 Å². The molecule has 0 fully saturated rings. The first-order valence-corrected chi connectivity index (χ1v) is 5.52. The number of carbonyl (C=O) groups excluding carboxylic acids is 1. The molecule has 0 heterocycles. The number of hydrogen-bond acceptors (Lipinski definition) is 5. The molecule has 0 aromatic heterocycles. The number of phenolic OH excluding ortho intramolecular Hbond substituents is 1. The lowest BCUT2D eigenvalue weighted by Gasteiger charge is -2.22. The van der Waals surface area contributed by atoms with Crippen LogP contribution in [0.1, 0.15) is 18.5 Å². The van der Waals surface area contributed by atoms with Crippen LogP contribution in [0.3, 0.4) is 0 Å². The highest BCUT2D eigenvalue weighted by Gasteiger charge is 2.48. The van der Waals surface area contributed by atoms with E-state index in [1.54, 1.807) is 0 Å². The van der Waals surface area contributed by atoms with Gasteiger partial charge in [0.1, 0.15) is 17.5 Å². The molecule has 0 bridgehead atoms. The monoisotopic (exact) mass is 311 g/mol. The summed E-state index contributed by atoms with van der Waals surface area (Å²) in [7, 11) is 1.36. The van der Waals surface area contributed by atoms with Gasteiger partial charge >= 0.3 is 11.9 Å². The lowest BCUT2D eigenvalue weighted by molar-refractivity contribution is -0.174. The molecule has 0 aliphatic carbocycles. The number of esters is 1. The van der Waals surface area contributed by atoms with Gasteiger partial charge in [-0.05, 0) is 19.1 Å². The number of rotatable bonds is 5. The summed E-state index contributed by atoms with van der Waals surface area (Å²) in [6.07, 6.45) is 0. The van der Waals surface area contributed by atoms with Crippen LogP contribution in [0.5, 0.6) is 11.5 Å². The van der Waals surface area contributed by atoms with E-state index in [-0.39, 0.29) is 30.3 Å². The topological polar surface area (TPSA) is 81.8 Å². The third kappa shape index (κ3) is 3.71. The van der Waals surface area contributed by atoms with Crippen LogP contribution >= 0.6 is 12.4 Å². The number of nitrogens with two attached hydrogens (primary N) is 1. The van der Waals surface area contributed by atoms with E-state index in [0.29, 0.717) is 0 Å². The maximum absolute atomic E-state index is 13.7. The summed E-state index contributed by atoms with van der Waals surface area (Å²) in [6.45, 7) is 1.22. The maximum Gasteiger partial charge on any atom is 0.379 e. The fourth-order valence-electron chi connectivity index (χ4n) is 1.46. The molecule has 0 aliphatic rings. The van der Waals surface area contributed by atoms with Gasteiger partial charge in [0.15, 0.2) is 0 Å². The van der Waals surface area contributed by atoms with Crippen molar-refractivity contribution in [1.29, 1.82) is 0 Å². The van der Waals surface area contributed by atoms with Crippen LogP contribution in [0.15, 0.2) is 18.2 Å². The molecule has 0 saturated carbocycles. The number of alkyl halides is 2. The van der Waals surface area contributed by atoms with Gasteiger partial charge in [-0.1, -0.05) is 0 Å². The fourth-order valence-corrected chi connectivity index (χ4v) is 1.46. The minimum absolute atomic E-state index is 0. The van der Waals surface area contributed by atoms with Gasteiger partial charge in [-0.2, -0.15) is 8.78 Å². The Balaban J connectivity index is 0.00000361. The zero-order valence-corrected chi connectivity index (χ0v) is 11.7. The lowest BCUT2D eigenvalue weighted by atomic mass is 10.0. The first-order valence-electron chi connectivity index (χ1n) is 5.52. The first kappa shape index (κ1) is 18.4. The quantitative estimate of drug-likeness (QED) is 0.813. The van der Waals surface area contributed by atoms with E-state index in [4.69, 9.17) is 10.5 Å². The summed E-state index contributed by atoms with van der Waals surface area (Å²) in [5.41, 5.74) is 5.08. The smallest absolute Gasteiger partial charge is 0.379 e. The number of benzene rings is 1. The molecule has 0 amide bonds. The largest absolute Gasteiger partial charge is 0.507 e. The Labute approximate surface area is 121 Å². The van der Waals surface area contributed by atoms with Crippen LogP contribution in [0, 0.1) is 0 Å². The average Bonchev–Trinajstić information content (AvgIpc) is 2.37. The molecule has 0 aliphatic heterocycles. The van der Waals surface area contributed by atoms with Crippen molar-refractivity contribution in [3.05, 3.63) is 23.8 Å². The molecule has 0 unspecified atom stereocenters. The highest BCUT2D eigenvalue weighted by molar-refractivity contribution is 5.85. The normalized spacial score (nSPS) is 12.2. The van der Waals surface area contributed by atoms with Crippen LogP contribution in [-0.2, 0) is 9.53 Å². The van der Waals surface area contributed by atoms with Gasteiger partial charge in [0, 0.05) is 11.6 Å². The Kier molecular flexibility index (Phi) is 6.67. The average molecular weight is 312 g/mol. The van der Waals surface area contributed by atoms with Crippen molar-refractivity contribution in [3.8, 4) is 11.5 Å². The van der Waals surface area contributed by atoms with Crippen molar-refractivity contribution < 1.29 is 28.2 Å². The number of carbonyl (C=O) groups is 1. The molecular weight excluding hydrogens is 296 g/mol. The van der Waals surface area contributed by atoms with E-state index in [0.717, 1.165) is 6.07 Å². The van der Waals surface area contributed by atoms with Crippen molar-refractivity contribution in [2.45, 2.75) is 18.9 Å². The van der Waals surface area contributed by atoms with Crippen LogP contribution in [0.4, 0.5) is 8.78 Å². The number of halogens is 3. The summed E-state index contributed by atoms with van der Waals surface area (Å²) < 4.78 is 36.5. The van der Waals surface area contributed by atoms with Crippen LogP contribution in [0.25, 0.3) is 0 Å². The lowest BCUT2D eigenvalue weighted by Crippen LogP contribution is -2.41. The number of phenols is 1. The van der Waals surface area contributed by atoms with Crippen molar-refractivity contribution in [1.82, 2.24) is 0 Å². The van der Waals surface area contributed by atoms with Crippen LogP contribution in [-0.4, -0.2) is 30.7 Å². The molecule has 0 spiro atoms. The molecule has 0 saturated heterocycles. The van der Waals surface area contributed by atoms with Gasteiger partial charge in [-0.3, -0.25) is 0 Å². The minimum Gasteiger partial charge on any atom is -0.507 e. The molecular formula is C12H16ClF2NO4. The Morgan fingerprint density at radius 1 is 1.50 bits per heavy atom.